The summed E-state index contributed by atoms with van der Waals surface area (Å²) in [7, 11) is 0. The number of carbonyl (C=O) groups is 2. The number of nitrogen functional groups attached to an aromatic ring is 1. The first kappa shape index (κ1) is 10.6. The van der Waals surface area contributed by atoms with Crippen molar-refractivity contribution in [1.29, 1.82) is 0 Å². The number of amides is 2. The topological polar surface area (TPSA) is 75.4 Å². The van der Waals surface area contributed by atoms with E-state index in [0.29, 0.717) is 28.9 Å². The van der Waals surface area contributed by atoms with E-state index < -0.39 is 11.9 Å². The average molecular weight is 258 g/mol. The molecule has 2 aliphatic rings. The summed E-state index contributed by atoms with van der Waals surface area (Å²) >= 11 is 0. The fourth-order valence-corrected chi connectivity index (χ4v) is 2.51. The minimum atomic E-state index is -1.59. The lowest BCUT2D eigenvalue weighted by Crippen LogP contribution is -2.49. The number of nitrogens with two attached hydrogens (primary N) is 1. The lowest BCUT2D eigenvalue weighted by molar-refractivity contribution is -0.126. The molecule has 0 spiro atoms. The number of anilines is 1. The smallest absolute Gasteiger partial charge is 0.255 e. The Kier molecular flexibility index (Phi) is 2.30. The highest BCUT2D eigenvalue weighted by atomic mass is 16.2. The lowest BCUT2D eigenvalue weighted by atomic mass is 10.0. The third kappa shape index (κ3) is 1.78. The highest BCUT2D eigenvalue weighted by Crippen LogP contribution is 2.31. The average Bonchev–Trinajstić information content (AvgIpc) is 2.75. The van der Waals surface area contributed by atoms with Crippen LogP contribution in [0, 0.1) is 0 Å². The fourth-order valence-electron chi connectivity index (χ4n) is 2.51. The number of hydrogen-bond donors (Lipinski definition) is 2. The number of piperidine rings is 1. The van der Waals surface area contributed by atoms with Crippen molar-refractivity contribution in [1.82, 2.24) is 10.2 Å². The molecule has 1 saturated heterocycles. The van der Waals surface area contributed by atoms with Crippen LogP contribution in [0.1, 0.15) is 30.1 Å². The number of fused-ring (bicyclic) bond motifs is 1. The molecule has 0 bridgehead atoms. The quantitative estimate of drug-likeness (QED) is 0.738. The van der Waals surface area contributed by atoms with Gasteiger partial charge in [-0.1, -0.05) is 12.6 Å². The molecule has 3 rings (SSSR count). The summed E-state index contributed by atoms with van der Waals surface area (Å²) in [5, 5.41) is 2.56. The van der Waals surface area contributed by atoms with Gasteiger partial charge in [0, 0.05) is 29.1 Å². The number of carbonyl (C=O) groups excluding carboxylic acids is 2. The van der Waals surface area contributed by atoms with Crippen LogP contribution in [0.2, 0.25) is 0 Å². The van der Waals surface area contributed by atoms with Crippen LogP contribution < -0.4 is 11.1 Å². The maximum Gasteiger partial charge on any atom is 0.255 e. The standard InChI is InChI=1S/C14H15N3O2/c1-8-5-6-12(13(18)16-8)17-7-10-9(14(17)19)3-2-4-11(10)15/h2-4,12H,1,5-7,15H2,(H,16,18)/t12-/m1/s1/i12D. The van der Waals surface area contributed by atoms with Gasteiger partial charge in [-0.2, -0.15) is 0 Å². The summed E-state index contributed by atoms with van der Waals surface area (Å²) in [6.45, 7) is 3.89. The van der Waals surface area contributed by atoms with Gasteiger partial charge in [0.05, 0.1) is 1.37 Å². The van der Waals surface area contributed by atoms with Crippen LogP contribution in [0.4, 0.5) is 5.69 Å². The summed E-state index contributed by atoms with van der Waals surface area (Å²) in [4.78, 5) is 25.8. The molecule has 0 unspecified atom stereocenters. The van der Waals surface area contributed by atoms with Gasteiger partial charge in [-0.3, -0.25) is 9.59 Å². The predicted molar refractivity (Wildman–Crippen MR) is 71.0 cm³/mol. The van der Waals surface area contributed by atoms with Crippen LogP contribution in [-0.2, 0) is 11.3 Å². The molecule has 0 aliphatic carbocycles. The molecule has 3 N–H and O–H groups in total. The molecule has 1 aromatic rings. The zero-order valence-corrected chi connectivity index (χ0v) is 10.4. The van der Waals surface area contributed by atoms with E-state index in [-0.39, 0.29) is 18.9 Å². The number of allylic oxidation sites excluding steroid dienone is 1. The Morgan fingerprint density at radius 1 is 1.47 bits per heavy atom. The van der Waals surface area contributed by atoms with E-state index in [1.54, 1.807) is 18.2 Å². The number of benzene rings is 1. The molecule has 19 heavy (non-hydrogen) atoms. The Bertz CT molecular complexity index is 643. The Hall–Kier alpha value is -2.30. The summed E-state index contributed by atoms with van der Waals surface area (Å²) in [6, 6.07) is 3.50. The molecular weight excluding hydrogens is 242 g/mol. The van der Waals surface area contributed by atoms with Crippen LogP contribution in [0.5, 0.6) is 0 Å². The minimum absolute atomic E-state index is 0.199. The molecule has 0 radical (unpaired) electrons. The first-order valence-corrected chi connectivity index (χ1v) is 6.12. The molecule has 5 heteroatoms. The van der Waals surface area contributed by atoms with Gasteiger partial charge in [0.25, 0.3) is 5.91 Å². The second-order valence-electron chi connectivity index (χ2n) is 4.77. The molecule has 5 nitrogen and oxygen atoms in total. The van der Waals surface area contributed by atoms with Crippen molar-refractivity contribution < 1.29 is 11.0 Å². The number of hydrogen-bond acceptors (Lipinski definition) is 3. The van der Waals surface area contributed by atoms with Crippen molar-refractivity contribution in [2.24, 2.45) is 0 Å². The fraction of sp³-hybridized carbons (Fsp3) is 0.286. The Morgan fingerprint density at radius 3 is 2.95 bits per heavy atom. The van der Waals surface area contributed by atoms with Gasteiger partial charge in [0.1, 0.15) is 6.02 Å². The summed E-state index contributed by atoms with van der Waals surface area (Å²) < 4.78 is 8.40. The molecule has 1 fully saturated rings. The monoisotopic (exact) mass is 258 g/mol. The van der Waals surface area contributed by atoms with Crippen LogP contribution in [0.3, 0.4) is 0 Å². The van der Waals surface area contributed by atoms with Crippen molar-refractivity contribution in [2.45, 2.75) is 25.4 Å². The normalized spacial score (nSPS) is 27.1. The maximum absolute atomic E-state index is 12.4. The van der Waals surface area contributed by atoms with Crippen molar-refractivity contribution in [3.63, 3.8) is 0 Å². The SMILES string of the molecule is [2H][C@@]1(N2Cc3c(N)cccc3C2=O)CCC(=C)NC1=O. The Morgan fingerprint density at radius 2 is 2.26 bits per heavy atom. The molecule has 0 aromatic heterocycles. The third-order valence-electron chi connectivity index (χ3n) is 3.55. The maximum atomic E-state index is 12.4. The van der Waals surface area contributed by atoms with Crippen molar-refractivity contribution in [3.8, 4) is 0 Å². The minimum Gasteiger partial charge on any atom is -0.398 e. The van der Waals surface area contributed by atoms with Gasteiger partial charge in [0.2, 0.25) is 5.91 Å². The van der Waals surface area contributed by atoms with Gasteiger partial charge < -0.3 is 16.0 Å². The number of nitrogens with zero attached hydrogens (tertiary/aromatic N) is 1. The van der Waals surface area contributed by atoms with Crippen molar-refractivity contribution in [2.75, 3.05) is 5.73 Å². The zero-order chi connectivity index (χ0) is 14.5. The third-order valence-corrected chi connectivity index (χ3v) is 3.55. The second-order valence-corrected chi connectivity index (χ2v) is 4.77. The summed E-state index contributed by atoms with van der Waals surface area (Å²) in [6.07, 6.45) is 0.738. The molecule has 2 amide bonds. The molecule has 2 heterocycles. The highest BCUT2D eigenvalue weighted by molar-refractivity contribution is 6.02. The van der Waals surface area contributed by atoms with Crippen LogP contribution in [0.25, 0.3) is 0 Å². The van der Waals surface area contributed by atoms with E-state index in [1.807, 2.05) is 0 Å². The van der Waals surface area contributed by atoms with Gasteiger partial charge >= 0.3 is 0 Å². The van der Waals surface area contributed by atoms with Crippen molar-refractivity contribution >= 4 is 17.5 Å². The molecule has 1 atom stereocenters. The van der Waals surface area contributed by atoms with Crippen LogP contribution in [0.15, 0.2) is 30.5 Å². The zero-order valence-electron chi connectivity index (χ0n) is 11.4. The summed E-state index contributed by atoms with van der Waals surface area (Å²) in [5.41, 5.74) is 8.15. The number of rotatable bonds is 1. The van der Waals surface area contributed by atoms with Gasteiger partial charge in [-0.15, -0.1) is 0 Å². The lowest BCUT2D eigenvalue weighted by Gasteiger charge is -2.30. The van der Waals surface area contributed by atoms with E-state index in [4.69, 9.17) is 7.10 Å². The van der Waals surface area contributed by atoms with Gasteiger partial charge in [-0.05, 0) is 25.0 Å². The van der Waals surface area contributed by atoms with E-state index >= 15 is 0 Å². The molecule has 0 saturated carbocycles. The van der Waals surface area contributed by atoms with E-state index in [0.717, 1.165) is 0 Å². The van der Waals surface area contributed by atoms with Crippen LogP contribution >= 0.6 is 0 Å². The van der Waals surface area contributed by atoms with E-state index in [1.165, 1.54) is 4.90 Å². The Labute approximate surface area is 112 Å². The predicted octanol–water partition coefficient (Wildman–Crippen LogP) is 1.02. The first-order valence-electron chi connectivity index (χ1n) is 6.62. The highest BCUT2D eigenvalue weighted by Gasteiger charge is 2.38. The molecule has 2 aliphatic heterocycles. The van der Waals surface area contributed by atoms with Crippen molar-refractivity contribution in [3.05, 3.63) is 41.6 Å². The van der Waals surface area contributed by atoms with Crippen LogP contribution in [-0.4, -0.2) is 22.7 Å². The first-order chi connectivity index (χ1) is 9.43. The molecular formula is C14H15N3O2. The van der Waals surface area contributed by atoms with E-state index in [2.05, 4.69) is 11.9 Å². The van der Waals surface area contributed by atoms with Gasteiger partial charge in [0.15, 0.2) is 0 Å². The van der Waals surface area contributed by atoms with E-state index in [9.17, 15) is 9.59 Å². The molecule has 1 aromatic carbocycles. The summed E-state index contributed by atoms with van der Waals surface area (Å²) in [5.74, 6) is -0.821. The number of nitrogens with one attached hydrogen (secondary N) is 1. The Balaban J connectivity index is 1.98. The second kappa shape index (κ2) is 4.12. The van der Waals surface area contributed by atoms with Gasteiger partial charge in [-0.25, -0.2) is 0 Å². The molecule has 98 valence electrons. The largest absolute Gasteiger partial charge is 0.398 e.